The van der Waals surface area contributed by atoms with E-state index in [0.717, 1.165) is 16.0 Å². The smallest absolute Gasteiger partial charge is 0.173 e. The van der Waals surface area contributed by atoms with Crippen LogP contribution in [0.3, 0.4) is 0 Å². The van der Waals surface area contributed by atoms with Gasteiger partial charge in [0.15, 0.2) is 18.1 Å². The van der Waals surface area contributed by atoms with Gasteiger partial charge in [-0.3, -0.25) is 0 Å². The van der Waals surface area contributed by atoms with Crippen LogP contribution in [0.15, 0.2) is 22.7 Å². The van der Waals surface area contributed by atoms with Gasteiger partial charge in [-0.15, -0.1) is 0 Å². The summed E-state index contributed by atoms with van der Waals surface area (Å²) in [5.74, 6) is 1.57. The van der Waals surface area contributed by atoms with Crippen LogP contribution in [0.25, 0.3) is 0 Å². The molecule has 0 spiro atoms. The van der Waals surface area contributed by atoms with Crippen molar-refractivity contribution in [1.29, 1.82) is 0 Å². The van der Waals surface area contributed by atoms with E-state index in [1.807, 2.05) is 18.2 Å². The average molecular weight is 214 g/mol. The Morgan fingerprint density at radius 2 is 2.18 bits per heavy atom. The van der Waals surface area contributed by atoms with Gasteiger partial charge in [0, 0.05) is 4.47 Å². The van der Waals surface area contributed by atoms with Crippen molar-refractivity contribution in [2.75, 3.05) is 6.61 Å². The molecular formula is C8H6BrO2. The van der Waals surface area contributed by atoms with Crippen LogP contribution in [0.2, 0.25) is 0 Å². The van der Waals surface area contributed by atoms with Crippen LogP contribution in [0, 0.1) is 6.61 Å². The minimum atomic E-state index is 0.522. The van der Waals surface area contributed by atoms with E-state index in [4.69, 9.17) is 9.47 Å². The Hall–Kier alpha value is -0.700. The molecule has 1 aliphatic heterocycles. The van der Waals surface area contributed by atoms with Gasteiger partial charge in [0.25, 0.3) is 0 Å². The molecule has 0 aliphatic carbocycles. The molecule has 0 atom stereocenters. The van der Waals surface area contributed by atoms with E-state index in [9.17, 15) is 0 Å². The van der Waals surface area contributed by atoms with Gasteiger partial charge in [0.05, 0.1) is 0 Å². The van der Waals surface area contributed by atoms with Crippen LogP contribution >= 0.6 is 15.9 Å². The molecule has 1 aromatic rings. The zero-order chi connectivity index (χ0) is 7.68. The van der Waals surface area contributed by atoms with Crippen molar-refractivity contribution in [1.82, 2.24) is 0 Å². The lowest BCUT2D eigenvalue weighted by atomic mass is 10.3. The summed E-state index contributed by atoms with van der Waals surface area (Å²) in [6, 6.07) is 5.69. The fourth-order valence-corrected chi connectivity index (χ4v) is 1.28. The molecule has 2 rings (SSSR count). The second-order valence-corrected chi connectivity index (χ2v) is 3.10. The minimum Gasteiger partial charge on any atom is -0.486 e. The van der Waals surface area contributed by atoms with Crippen LogP contribution in [0.1, 0.15) is 0 Å². The van der Waals surface area contributed by atoms with Crippen molar-refractivity contribution in [3.05, 3.63) is 29.3 Å². The predicted molar refractivity (Wildman–Crippen MR) is 44.6 cm³/mol. The lowest BCUT2D eigenvalue weighted by molar-refractivity contribution is 0.223. The lowest BCUT2D eigenvalue weighted by Crippen LogP contribution is -2.09. The molecule has 11 heavy (non-hydrogen) atoms. The van der Waals surface area contributed by atoms with Crippen LogP contribution < -0.4 is 9.47 Å². The first-order chi connectivity index (χ1) is 5.36. The summed E-state index contributed by atoms with van der Waals surface area (Å²) >= 11 is 3.34. The zero-order valence-corrected chi connectivity index (χ0v) is 7.30. The largest absolute Gasteiger partial charge is 0.486 e. The van der Waals surface area contributed by atoms with Crippen molar-refractivity contribution in [2.24, 2.45) is 0 Å². The highest BCUT2D eigenvalue weighted by Crippen LogP contribution is 2.33. The molecule has 0 N–H and O–H groups in total. The monoisotopic (exact) mass is 213 g/mol. The molecular weight excluding hydrogens is 208 g/mol. The second-order valence-electron chi connectivity index (χ2n) is 2.19. The standard InChI is InChI=1S/C8H6BrO2/c9-6-1-2-7-8(5-6)11-4-3-10-7/h1-2,4-5H,3H2. The van der Waals surface area contributed by atoms with Crippen LogP contribution in [0.4, 0.5) is 0 Å². The Labute approximate surface area is 73.3 Å². The van der Waals surface area contributed by atoms with Crippen molar-refractivity contribution < 1.29 is 9.47 Å². The van der Waals surface area contributed by atoms with Gasteiger partial charge in [-0.05, 0) is 18.2 Å². The molecule has 1 radical (unpaired) electrons. The maximum atomic E-state index is 5.28. The number of benzene rings is 1. The average Bonchev–Trinajstić information content (AvgIpc) is 2.04. The molecule has 1 aromatic carbocycles. The molecule has 0 saturated carbocycles. The number of fused-ring (bicyclic) bond motifs is 1. The normalized spacial score (nSPS) is 14.6. The molecule has 0 unspecified atom stereocenters. The predicted octanol–water partition coefficient (Wildman–Crippen LogP) is 2.38. The maximum absolute atomic E-state index is 5.28. The van der Waals surface area contributed by atoms with Crippen LogP contribution in [-0.4, -0.2) is 6.61 Å². The Balaban J connectivity index is 2.43. The van der Waals surface area contributed by atoms with E-state index in [2.05, 4.69) is 15.9 Å². The van der Waals surface area contributed by atoms with Crippen molar-refractivity contribution in [2.45, 2.75) is 0 Å². The molecule has 1 heterocycles. The lowest BCUT2D eigenvalue weighted by Gasteiger charge is -2.17. The second kappa shape index (κ2) is 2.74. The molecule has 0 saturated heterocycles. The Bertz CT molecular complexity index is 273. The van der Waals surface area contributed by atoms with Gasteiger partial charge in [-0.25, -0.2) is 0 Å². The highest BCUT2D eigenvalue weighted by molar-refractivity contribution is 9.10. The molecule has 2 nitrogen and oxygen atoms in total. The molecule has 0 aromatic heterocycles. The van der Waals surface area contributed by atoms with Gasteiger partial charge in [0.2, 0.25) is 0 Å². The summed E-state index contributed by atoms with van der Waals surface area (Å²) in [6.07, 6.45) is 0. The molecule has 57 valence electrons. The zero-order valence-electron chi connectivity index (χ0n) is 5.71. The van der Waals surface area contributed by atoms with Crippen LogP contribution in [-0.2, 0) is 0 Å². The summed E-state index contributed by atoms with van der Waals surface area (Å²) in [5, 5.41) is 0. The highest BCUT2D eigenvalue weighted by atomic mass is 79.9. The summed E-state index contributed by atoms with van der Waals surface area (Å²) in [6.45, 7) is 2.16. The summed E-state index contributed by atoms with van der Waals surface area (Å²) < 4.78 is 11.5. The van der Waals surface area contributed by atoms with Gasteiger partial charge in [-0.2, -0.15) is 0 Å². The Morgan fingerprint density at radius 1 is 1.27 bits per heavy atom. The van der Waals surface area contributed by atoms with Gasteiger partial charge < -0.3 is 9.47 Å². The third-order valence-corrected chi connectivity index (χ3v) is 1.92. The van der Waals surface area contributed by atoms with Crippen molar-refractivity contribution >= 4 is 15.9 Å². The number of halogens is 1. The first kappa shape index (κ1) is 6.98. The fourth-order valence-electron chi connectivity index (χ4n) is 0.941. The van der Waals surface area contributed by atoms with Crippen LogP contribution in [0.5, 0.6) is 11.5 Å². The highest BCUT2D eigenvalue weighted by Gasteiger charge is 2.10. The van der Waals surface area contributed by atoms with E-state index in [1.165, 1.54) is 0 Å². The van der Waals surface area contributed by atoms with Gasteiger partial charge in [-0.1, -0.05) is 15.9 Å². The molecule has 0 bridgehead atoms. The minimum absolute atomic E-state index is 0.522. The summed E-state index contributed by atoms with van der Waals surface area (Å²) in [7, 11) is 0. The first-order valence-electron chi connectivity index (χ1n) is 3.27. The number of hydrogen-bond acceptors (Lipinski definition) is 2. The van der Waals surface area contributed by atoms with E-state index in [0.29, 0.717) is 6.61 Å². The number of hydrogen-bond donors (Lipinski definition) is 0. The number of ether oxygens (including phenoxy) is 2. The molecule has 1 aliphatic rings. The van der Waals surface area contributed by atoms with E-state index >= 15 is 0 Å². The number of rotatable bonds is 0. The topological polar surface area (TPSA) is 18.5 Å². The van der Waals surface area contributed by atoms with Gasteiger partial charge in [0.1, 0.15) is 6.61 Å². The van der Waals surface area contributed by atoms with E-state index < -0.39 is 0 Å². The Morgan fingerprint density at radius 3 is 3.09 bits per heavy atom. The molecule has 0 fully saturated rings. The first-order valence-corrected chi connectivity index (χ1v) is 4.06. The quantitative estimate of drug-likeness (QED) is 0.660. The third kappa shape index (κ3) is 1.33. The molecule has 3 heteroatoms. The van der Waals surface area contributed by atoms with E-state index in [-0.39, 0.29) is 0 Å². The summed E-state index contributed by atoms with van der Waals surface area (Å²) in [4.78, 5) is 0. The maximum Gasteiger partial charge on any atom is 0.173 e. The van der Waals surface area contributed by atoms with Crippen molar-refractivity contribution in [3.63, 3.8) is 0 Å². The Kier molecular flexibility index (Phi) is 1.74. The van der Waals surface area contributed by atoms with Crippen molar-refractivity contribution in [3.8, 4) is 11.5 Å². The SMILES string of the molecule is Brc1ccc2c(c1)O[CH]CO2. The summed E-state index contributed by atoms with van der Waals surface area (Å²) in [5.41, 5.74) is 0. The fraction of sp³-hybridized carbons (Fsp3) is 0.125. The molecule has 0 amide bonds. The van der Waals surface area contributed by atoms with E-state index in [1.54, 1.807) is 6.61 Å². The third-order valence-electron chi connectivity index (χ3n) is 1.42. The van der Waals surface area contributed by atoms with Gasteiger partial charge >= 0.3 is 0 Å².